The van der Waals surface area contributed by atoms with E-state index in [0.717, 1.165) is 12.3 Å². The van der Waals surface area contributed by atoms with Crippen molar-refractivity contribution in [3.8, 4) is 0 Å². The highest BCUT2D eigenvalue weighted by Gasteiger charge is 2.34. The molecule has 3 N–H and O–H groups in total. The van der Waals surface area contributed by atoms with Crippen molar-refractivity contribution in [2.24, 2.45) is 11.1 Å². The SMILES string of the molecule is CC(C)(C)CC(Nc1ncnc(N2CCCC2c2ccc(C(F)(F)F)cn2)c1F)C(N)=O. The molecule has 1 aliphatic heterocycles. The number of nitrogens with zero attached hydrogens (tertiary/aromatic N) is 4. The normalized spacial score (nSPS) is 18.0. The molecule has 1 saturated heterocycles. The summed E-state index contributed by atoms with van der Waals surface area (Å²) in [6, 6.07) is 0.997. The van der Waals surface area contributed by atoms with E-state index in [0.29, 0.717) is 31.5 Å². The van der Waals surface area contributed by atoms with E-state index in [1.165, 1.54) is 12.4 Å². The van der Waals surface area contributed by atoms with Crippen molar-refractivity contribution in [1.82, 2.24) is 15.0 Å². The number of rotatable bonds is 6. The highest BCUT2D eigenvalue weighted by atomic mass is 19.4. The minimum Gasteiger partial charge on any atom is -0.368 e. The lowest BCUT2D eigenvalue weighted by atomic mass is 9.88. The first-order valence-corrected chi connectivity index (χ1v) is 10.2. The topological polar surface area (TPSA) is 97.0 Å². The molecule has 7 nitrogen and oxygen atoms in total. The fourth-order valence-corrected chi connectivity index (χ4v) is 3.76. The molecule has 1 amide bonds. The molecule has 2 atom stereocenters. The number of pyridine rings is 1. The Balaban J connectivity index is 1.87. The van der Waals surface area contributed by atoms with Gasteiger partial charge in [0.25, 0.3) is 0 Å². The van der Waals surface area contributed by atoms with Crippen LogP contribution in [0.25, 0.3) is 0 Å². The number of aromatic nitrogens is 3. The van der Waals surface area contributed by atoms with Crippen molar-refractivity contribution in [2.45, 2.75) is 58.3 Å². The molecule has 2 aromatic rings. The van der Waals surface area contributed by atoms with Gasteiger partial charge in [0.15, 0.2) is 11.6 Å². The molecule has 0 aliphatic carbocycles. The van der Waals surface area contributed by atoms with E-state index in [1.807, 2.05) is 20.8 Å². The van der Waals surface area contributed by atoms with Crippen LogP contribution in [0.15, 0.2) is 24.7 Å². The molecule has 0 bridgehead atoms. The maximum Gasteiger partial charge on any atom is 0.417 e. The van der Waals surface area contributed by atoms with E-state index in [2.05, 4.69) is 20.3 Å². The zero-order chi connectivity index (χ0) is 23.7. The van der Waals surface area contributed by atoms with Gasteiger partial charge in [-0.25, -0.2) is 9.97 Å². The number of primary amides is 1. The van der Waals surface area contributed by atoms with Crippen LogP contribution in [0.5, 0.6) is 0 Å². The molecule has 2 unspecified atom stereocenters. The van der Waals surface area contributed by atoms with E-state index in [1.54, 1.807) is 4.90 Å². The first-order valence-electron chi connectivity index (χ1n) is 10.2. The molecule has 2 aromatic heterocycles. The average molecular weight is 454 g/mol. The summed E-state index contributed by atoms with van der Waals surface area (Å²) in [7, 11) is 0. The summed E-state index contributed by atoms with van der Waals surface area (Å²) >= 11 is 0. The van der Waals surface area contributed by atoms with Gasteiger partial charge < -0.3 is 16.0 Å². The molecular formula is C21H26F4N6O. The molecule has 174 valence electrons. The predicted molar refractivity (Wildman–Crippen MR) is 111 cm³/mol. The van der Waals surface area contributed by atoms with Gasteiger partial charge in [0.2, 0.25) is 11.7 Å². The molecule has 0 saturated carbocycles. The summed E-state index contributed by atoms with van der Waals surface area (Å²) in [5.41, 5.74) is 4.78. The smallest absolute Gasteiger partial charge is 0.368 e. The Morgan fingerprint density at radius 1 is 1.25 bits per heavy atom. The van der Waals surface area contributed by atoms with Crippen molar-refractivity contribution in [1.29, 1.82) is 0 Å². The number of hydrogen-bond donors (Lipinski definition) is 2. The minimum absolute atomic E-state index is 0.00863. The van der Waals surface area contributed by atoms with Crippen molar-refractivity contribution in [2.75, 3.05) is 16.8 Å². The molecule has 11 heteroatoms. The quantitative estimate of drug-likeness (QED) is 0.639. The second-order valence-electron chi connectivity index (χ2n) is 9.04. The maximum absolute atomic E-state index is 15.3. The van der Waals surface area contributed by atoms with Crippen molar-refractivity contribution in [3.63, 3.8) is 0 Å². The fourth-order valence-electron chi connectivity index (χ4n) is 3.76. The standard InChI is InChI=1S/C21H26F4N6O/c1-20(2,3)9-14(17(26)32)30-18-16(22)19(29-11-28-18)31-8-4-5-15(31)13-7-6-12(10-27-13)21(23,24)25/h6-7,10-11,14-15H,4-5,8-9H2,1-3H3,(H2,26,32)(H,28,29,30). The van der Waals surface area contributed by atoms with Gasteiger partial charge in [-0.15, -0.1) is 0 Å². The van der Waals surface area contributed by atoms with Gasteiger partial charge in [-0.1, -0.05) is 20.8 Å². The van der Waals surface area contributed by atoms with Crippen LogP contribution in [-0.4, -0.2) is 33.4 Å². The van der Waals surface area contributed by atoms with Gasteiger partial charge in [0.1, 0.15) is 12.4 Å². The molecule has 0 radical (unpaired) electrons. The summed E-state index contributed by atoms with van der Waals surface area (Å²) < 4.78 is 53.9. The summed E-state index contributed by atoms with van der Waals surface area (Å²) in [5, 5.41) is 2.78. The number of carbonyl (C=O) groups excluding carboxylic acids is 1. The molecule has 1 fully saturated rings. The highest BCUT2D eigenvalue weighted by Crippen LogP contribution is 2.37. The van der Waals surface area contributed by atoms with Crippen LogP contribution in [0.1, 0.15) is 57.3 Å². The van der Waals surface area contributed by atoms with Crippen LogP contribution < -0.4 is 16.0 Å². The maximum atomic E-state index is 15.3. The lowest BCUT2D eigenvalue weighted by Crippen LogP contribution is -2.39. The minimum atomic E-state index is -4.48. The zero-order valence-electron chi connectivity index (χ0n) is 18.1. The van der Waals surface area contributed by atoms with E-state index in [9.17, 15) is 18.0 Å². The highest BCUT2D eigenvalue weighted by molar-refractivity contribution is 5.82. The monoisotopic (exact) mass is 454 g/mol. The van der Waals surface area contributed by atoms with Gasteiger partial charge >= 0.3 is 6.18 Å². The Bertz CT molecular complexity index is 958. The summed E-state index contributed by atoms with van der Waals surface area (Å²) in [5.74, 6) is -1.56. The second kappa shape index (κ2) is 8.87. The Hall–Kier alpha value is -2.98. The Morgan fingerprint density at radius 2 is 1.97 bits per heavy atom. The van der Waals surface area contributed by atoms with Crippen LogP contribution in [0.4, 0.5) is 29.2 Å². The van der Waals surface area contributed by atoms with Crippen LogP contribution in [-0.2, 0) is 11.0 Å². The number of halogens is 4. The van der Waals surface area contributed by atoms with E-state index < -0.39 is 35.5 Å². The Morgan fingerprint density at radius 3 is 2.53 bits per heavy atom. The third-order valence-electron chi connectivity index (χ3n) is 5.22. The summed E-state index contributed by atoms with van der Waals surface area (Å²) in [6.07, 6.45) is -0.899. The number of nitrogens with one attached hydrogen (secondary N) is 1. The van der Waals surface area contributed by atoms with Crippen molar-refractivity contribution < 1.29 is 22.4 Å². The Labute approximate surface area is 183 Å². The first-order chi connectivity index (χ1) is 14.9. The lowest BCUT2D eigenvalue weighted by molar-refractivity contribution is -0.137. The molecule has 0 aromatic carbocycles. The molecule has 1 aliphatic rings. The molecule has 32 heavy (non-hydrogen) atoms. The van der Waals surface area contributed by atoms with Gasteiger partial charge in [-0.2, -0.15) is 17.6 Å². The second-order valence-corrected chi connectivity index (χ2v) is 9.04. The number of nitrogens with two attached hydrogens (primary N) is 1. The number of carbonyl (C=O) groups is 1. The van der Waals surface area contributed by atoms with Gasteiger partial charge in [-0.05, 0) is 36.8 Å². The van der Waals surface area contributed by atoms with Crippen LogP contribution in [0.2, 0.25) is 0 Å². The molecular weight excluding hydrogens is 428 g/mol. The Kier molecular flexibility index (Phi) is 6.56. The zero-order valence-corrected chi connectivity index (χ0v) is 18.1. The number of hydrogen-bond acceptors (Lipinski definition) is 6. The molecule has 0 spiro atoms. The van der Waals surface area contributed by atoms with Crippen LogP contribution in [0.3, 0.4) is 0 Å². The van der Waals surface area contributed by atoms with Crippen molar-refractivity contribution >= 4 is 17.5 Å². The lowest BCUT2D eigenvalue weighted by Gasteiger charge is -2.28. The summed E-state index contributed by atoms with van der Waals surface area (Å²) in [6.45, 7) is 6.23. The van der Waals surface area contributed by atoms with Crippen molar-refractivity contribution in [3.05, 3.63) is 41.7 Å². The van der Waals surface area contributed by atoms with Gasteiger partial charge in [0.05, 0.1) is 17.3 Å². The van der Waals surface area contributed by atoms with Gasteiger partial charge in [-0.3, -0.25) is 9.78 Å². The van der Waals surface area contributed by atoms with Crippen LogP contribution in [0, 0.1) is 11.2 Å². The number of anilines is 2. The average Bonchev–Trinajstić information content (AvgIpc) is 3.17. The number of alkyl halides is 3. The molecule has 3 rings (SSSR count). The van der Waals surface area contributed by atoms with E-state index in [4.69, 9.17) is 5.73 Å². The van der Waals surface area contributed by atoms with Crippen LogP contribution >= 0.6 is 0 Å². The fraction of sp³-hybridized carbons (Fsp3) is 0.524. The van der Waals surface area contributed by atoms with E-state index in [-0.39, 0.29) is 17.1 Å². The van der Waals surface area contributed by atoms with Gasteiger partial charge in [0, 0.05) is 12.7 Å². The largest absolute Gasteiger partial charge is 0.417 e. The predicted octanol–water partition coefficient (Wildman–Crippen LogP) is 4.07. The third-order valence-corrected chi connectivity index (χ3v) is 5.22. The number of amides is 1. The molecule has 3 heterocycles. The first kappa shape index (κ1) is 23.7. The van der Waals surface area contributed by atoms with E-state index >= 15 is 4.39 Å². The summed E-state index contributed by atoms with van der Waals surface area (Å²) in [4.78, 5) is 25.5. The third kappa shape index (κ3) is 5.43.